The summed E-state index contributed by atoms with van der Waals surface area (Å²) in [6.45, 7) is 3.80. The largest absolute Gasteiger partial charge is 0.497 e. The lowest BCUT2D eigenvalue weighted by atomic mass is 9.95. The molecule has 0 amide bonds. The van der Waals surface area contributed by atoms with Crippen LogP contribution in [0.4, 0.5) is 0 Å². The number of allylic oxidation sites excluding steroid dienone is 1. The molecule has 2 aliphatic rings. The van der Waals surface area contributed by atoms with Crippen LogP contribution in [-0.2, 0) is 9.53 Å². The van der Waals surface area contributed by atoms with Crippen molar-refractivity contribution in [2.24, 2.45) is 4.99 Å². The molecule has 1 atom stereocenters. The molecular formula is C25H21ClN2O6S. The number of ether oxygens (including phenoxy) is 4. The van der Waals surface area contributed by atoms with Gasteiger partial charge in [-0.1, -0.05) is 35.1 Å². The molecule has 0 bridgehead atoms. The summed E-state index contributed by atoms with van der Waals surface area (Å²) in [4.78, 5) is 31.7. The van der Waals surface area contributed by atoms with E-state index in [-0.39, 0.29) is 19.0 Å². The lowest BCUT2D eigenvalue weighted by molar-refractivity contribution is -0.139. The molecule has 180 valence electrons. The summed E-state index contributed by atoms with van der Waals surface area (Å²) in [5, 5.41) is 0.424. The van der Waals surface area contributed by atoms with E-state index in [9.17, 15) is 9.59 Å². The number of halogens is 1. The van der Waals surface area contributed by atoms with E-state index in [1.54, 1.807) is 51.3 Å². The minimum Gasteiger partial charge on any atom is -0.497 e. The van der Waals surface area contributed by atoms with Gasteiger partial charge in [0.15, 0.2) is 16.3 Å². The third-order valence-corrected chi connectivity index (χ3v) is 7.02. The van der Waals surface area contributed by atoms with Gasteiger partial charge in [0.2, 0.25) is 6.79 Å². The van der Waals surface area contributed by atoms with Crippen LogP contribution in [0.1, 0.15) is 31.0 Å². The van der Waals surface area contributed by atoms with Crippen LogP contribution >= 0.6 is 22.9 Å². The molecule has 0 saturated carbocycles. The Hall–Kier alpha value is -3.56. The molecule has 10 heteroatoms. The lowest BCUT2D eigenvalue weighted by Crippen LogP contribution is -2.39. The first-order valence-corrected chi connectivity index (χ1v) is 12.0. The van der Waals surface area contributed by atoms with Gasteiger partial charge in [0.25, 0.3) is 5.56 Å². The topological polar surface area (TPSA) is 88.4 Å². The number of benzene rings is 2. The van der Waals surface area contributed by atoms with Gasteiger partial charge >= 0.3 is 5.97 Å². The van der Waals surface area contributed by atoms with E-state index in [0.29, 0.717) is 54.0 Å². The quantitative estimate of drug-likeness (QED) is 0.488. The maximum absolute atomic E-state index is 13.7. The summed E-state index contributed by atoms with van der Waals surface area (Å²) < 4.78 is 23.5. The maximum Gasteiger partial charge on any atom is 0.338 e. The SMILES string of the molecule is CCOC(=O)C1=C(C)N=c2s/c(=C\c3cc4c(cc3Cl)OCO4)c(=O)n2C1c1cccc(OC)c1. The summed E-state index contributed by atoms with van der Waals surface area (Å²) in [7, 11) is 1.56. The molecule has 5 rings (SSSR count). The van der Waals surface area contributed by atoms with Crippen LogP contribution in [0.25, 0.3) is 6.08 Å². The normalized spacial score (nSPS) is 16.7. The van der Waals surface area contributed by atoms with Crippen LogP contribution in [0.2, 0.25) is 5.02 Å². The fraction of sp³-hybridized carbons (Fsp3) is 0.240. The summed E-state index contributed by atoms with van der Waals surface area (Å²) in [5.41, 5.74) is 1.81. The molecule has 0 radical (unpaired) electrons. The van der Waals surface area contributed by atoms with Gasteiger partial charge in [-0.3, -0.25) is 9.36 Å². The van der Waals surface area contributed by atoms with Crippen molar-refractivity contribution < 1.29 is 23.7 Å². The monoisotopic (exact) mass is 512 g/mol. The Morgan fingerprint density at radius 1 is 1.29 bits per heavy atom. The Kier molecular flexibility index (Phi) is 6.12. The number of esters is 1. The van der Waals surface area contributed by atoms with Crippen LogP contribution in [0.5, 0.6) is 17.2 Å². The van der Waals surface area contributed by atoms with Crippen molar-refractivity contribution >= 4 is 35.0 Å². The summed E-state index contributed by atoms with van der Waals surface area (Å²) in [5.74, 6) is 1.20. The summed E-state index contributed by atoms with van der Waals surface area (Å²) in [6, 6.07) is 9.93. The number of hydrogen-bond donors (Lipinski definition) is 0. The molecular weight excluding hydrogens is 492 g/mol. The molecule has 0 spiro atoms. The van der Waals surface area contributed by atoms with Gasteiger partial charge in [0.1, 0.15) is 5.75 Å². The highest BCUT2D eigenvalue weighted by atomic mass is 35.5. The van der Waals surface area contributed by atoms with Crippen molar-refractivity contribution in [1.82, 2.24) is 4.57 Å². The zero-order valence-corrected chi connectivity index (χ0v) is 20.7. The Balaban J connectivity index is 1.72. The van der Waals surface area contributed by atoms with Crippen LogP contribution in [0, 0.1) is 0 Å². The summed E-state index contributed by atoms with van der Waals surface area (Å²) in [6.07, 6.45) is 1.69. The van der Waals surface area contributed by atoms with Crippen molar-refractivity contribution in [2.75, 3.05) is 20.5 Å². The Morgan fingerprint density at radius 3 is 2.80 bits per heavy atom. The zero-order valence-electron chi connectivity index (χ0n) is 19.2. The highest BCUT2D eigenvalue weighted by molar-refractivity contribution is 7.07. The van der Waals surface area contributed by atoms with Crippen molar-refractivity contribution in [1.29, 1.82) is 0 Å². The molecule has 3 aromatic rings. The molecule has 2 aliphatic heterocycles. The van der Waals surface area contributed by atoms with E-state index in [4.69, 9.17) is 30.5 Å². The van der Waals surface area contributed by atoms with E-state index in [0.717, 1.165) is 0 Å². The second-order valence-corrected chi connectivity index (χ2v) is 9.22. The molecule has 1 aromatic heterocycles. The van der Waals surface area contributed by atoms with E-state index in [2.05, 4.69) is 4.99 Å². The highest BCUT2D eigenvalue weighted by Gasteiger charge is 2.33. The molecule has 0 fully saturated rings. The number of fused-ring (bicyclic) bond motifs is 2. The Bertz CT molecular complexity index is 1550. The average Bonchev–Trinajstić information content (AvgIpc) is 3.42. The van der Waals surface area contributed by atoms with Gasteiger partial charge in [0, 0.05) is 6.07 Å². The number of carbonyl (C=O) groups excluding carboxylic acids is 1. The number of rotatable bonds is 5. The number of hydrogen-bond acceptors (Lipinski definition) is 8. The molecule has 8 nitrogen and oxygen atoms in total. The molecule has 3 heterocycles. The van der Waals surface area contributed by atoms with Crippen LogP contribution in [0.15, 0.2) is 57.5 Å². The van der Waals surface area contributed by atoms with Crippen molar-refractivity contribution in [3.63, 3.8) is 0 Å². The maximum atomic E-state index is 13.7. The van der Waals surface area contributed by atoms with E-state index < -0.39 is 12.0 Å². The first-order chi connectivity index (χ1) is 16.9. The van der Waals surface area contributed by atoms with Crippen LogP contribution in [-0.4, -0.2) is 31.0 Å². The van der Waals surface area contributed by atoms with Gasteiger partial charge in [-0.05, 0) is 49.2 Å². The fourth-order valence-corrected chi connectivity index (χ4v) is 5.35. The van der Waals surface area contributed by atoms with Gasteiger partial charge in [0.05, 0.1) is 40.6 Å². The number of thiazole rings is 1. The van der Waals surface area contributed by atoms with Crippen molar-refractivity contribution in [2.45, 2.75) is 19.9 Å². The standard InChI is InChI=1S/C25H21ClN2O6S/c1-4-32-24(30)21-13(2)27-25-28(22(21)14-6-5-7-16(8-14)31-3)23(29)20(35-25)10-15-9-18-19(11-17(15)26)34-12-33-18/h5-11,22H,4,12H2,1-3H3/b20-10-. The minimum atomic E-state index is -0.727. The minimum absolute atomic E-state index is 0.119. The van der Waals surface area contributed by atoms with E-state index in [1.807, 2.05) is 12.1 Å². The third kappa shape index (κ3) is 4.11. The average molecular weight is 513 g/mol. The molecule has 0 N–H and O–H groups in total. The van der Waals surface area contributed by atoms with Gasteiger partial charge in [-0.25, -0.2) is 9.79 Å². The Labute approximate surface area is 209 Å². The van der Waals surface area contributed by atoms with Gasteiger partial charge in [-0.2, -0.15) is 0 Å². The predicted molar refractivity (Wildman–Crippen MR) is 131 cm³/mol. The zero-order chi connectivity index (χ0) is 24.7. The summed E-state index contributed by atoms with van der Waals surface area (Å²) >= 11 is 7.66. The van der Waals surface area contributed by atoms with E-state index in [1.165, 1.54) is 15.9 Å². The molecule has 2 aromatic carbocycles. The number of methoxy groups -OCH3 is 1. The second-order valence-electron chi connectivity index (χ2n) is 7.81. The number of aromatic nitrogens is 1. The van der Waals surface area contributed by atoms with Crippen LogP contribution in [0.3, 0.4) is 0 Å². The molecule has 0 aliphatic carbocycles. The number of nitrogens with zero attached hydrogens (tertiary/aromatic N) is 2. The second kappa shape index (κ2) is 9.24. The predicted octanol–water partition coefficient (Wildman–Crippen LogP) is 3.19. The third-order valence-electron chi connectivity index (χ3n) is 5.71. The Morgan fingerprint density at radius 2 is 2.06 bits per heavy atom. The molecule has 0 saturated heterocycles. The van der Waals surface area contributed by atoms with Crippen molar-refractivity contribution in [3.8, 4) is 17.2 Å². The first kappa shape index (κ1) is 23.2. The first-order valence-electron chi connectivity index (χ1n) is 10.8. The molecule has 1 unspecified atom stereocenters. The number of carbonyl (C=O) groups is 1. The van der Waals surface area contributed by atoms with Crippen molar-refractivity contribution in [3.05, 3.63) is 83.5 Å². The fourth-order valence-electron chi connectivity index (χ4n) is 4.10. The smallest absolute Gasteiger partial charge is 0.338 e. The highest BCUT2D eigenvalue weighted by Crippen LogP contribution is 2.37. The van der Waals surface area contributed by atoms with Crippen LogP contribution < -0.4 is 29.1 Å². The molecule has 35 heavy (non-hydrogen) atoms. The lowest BCUT2D eigenvalue weighted by Gasteiger charge is -2.25. The van der Waals surface area contributed by atoms with E-state index >= 15 is 0 Å². The van der Waals surface area contributed by atoms with Gasteiger partial charge < -0.3 is 18.9 Å². The van der Waals surface area contributed by atoms with Gasteiger partial charge in [-0.15, -0.1) is 0 Å².